The van der Waals surface area contributed by atoms with E-state index in [0.29, 0.717) is 13.1 Å². The molecule has 0 radical (unpaired) electrons. The highest BCUT2D eigenvalue weighted by Crippen LogP contribution is 2.14. The number of nitrogens with two attached hydrogens (primary N) is 1. The molecule has 0 bridgehead atoms. The summed E-state index contributed by atoms with van der Waals surface area (Å²) in [6.45, 7) is 6.29. The molecule has 1 unspecified atom stereocenters. The van der Waals surface area contributed by atoms with E-state index in [1.165, 1.54) is 44.3 Å². The second-order valence-electron chi connectivity index (χ2n) is 6.36. The maximum atomic E-state index is 11.7. The lowest BCUT2D eigenvalue weighted by molar-refractivity contribution is -0.124. The highest BCUT2D eigenvalue weighted by molar-refractivity contribution is 5.85. The molecule has 1 saturated heterocycles. The molecule has 1 aromatic carbocycles. The first-order valence-electron chi connectivity index (χ1n) is 8.47. The highest BCUT2D eigenvalue weighted by atomic mass is 35.5. The summed E-state index contributed by atoms with van der Waals surface area (Å²) in [6, 6.07) is 8.58. The van der Waals surface area contributed by atoms with Crippen molar-refractivity contribution < 1.29 is 4.79 Å². The minimum Gasteiger partial charge on any atom is -0.352 e. The van der Waals surface area contributed by atoms with Gasteiger partial charge in [-0.05, 0) is 37.1 Å². The fourth-order valence-corrected chi connectivity index (χ4v) is 2.79. The molecule has 1 aliphatic rings. The van der Waals surface area contributed by atoms with E-state index in [-0.39, 0.29) is 36.6 Å². The van der Waals surface area contributed by atoms with Crippen LogP contribution in [0.5, 0.6) is 0 Å². The van der Waals surface area contributed by atoms with Crippen molar-refractivity contribution in [2.24, 2.45) is 11.7 Å². The van der Waals surface area contributed by atoms with Crippen molar-refractivity contribution in [3.8, 4) is 0 Å². The van der Waals surface area contributed by atoms with Gasteiger partial charge in [-0.3, -0.25) is 9.69 Å². The van der Waals surface area contributed by atoms with Crippen LogP contribution in [0.4, 0.5) is 0 Å². The lowest BCUT2D eigenvalue weighted by Crippen LogP contribution is -2.32. The minimum atomic E-state index is -0.123. The smallest absolute Gasteiger partial charge is 0.224 e. The maximum absolute atomic E-state index is 11.7. The molecule has 2 rings (SSSR count). The van der Waals surface area contributed by atoms with Crippen molar-refractivity contribution in [2.75, 3.05) is 19.6 Å². The number of halogens is 2. The van der Waals surface area contributed by atoms with Crippen LogP contribution in [-0.4, -0.2) is 30.4 Å². The summed E-state index contributed by atoms with van der Waals surface area (Å²) in [7, 11) is 0. The van der Waals surface area contributed by atoms with Crippen LogP contribution in [0.15, 0.2) is 24.3 Å². The first-order valence-corrected chi connectivity index (χ1v) is 8.47. The van der Waals surface area contributed by atoms with Crippen LogP contribution in [-0.2, 0) is 17.9 Å². The van der Waals surface area contributed by atoms with Gasteiger partial charge < -0.3 is 11.1 Å². The molecule has 1 atom stereocenters. The molecule has 4 nitrogen and oxygen atoms in total. The molecule has 138 valence electrons. The predicted octanol–water partition coefficient (Wildman–Crippen LogP) is 3.12. The van der Waals surface area contributed by atoms with Crippen LogP contribution in [0.3, 0.4) is 0 Å². The average molecular weight is 376 g/mol. The van der Waals surface area contributed by atoms with E-state index in [1.54, 1.807) is 0 Å². The number of amides is 1. The number of carbonyl (C=O) groups excluding carboxylic acids is 1. The normalized spacial score (nSPS) is 16.2. The molecule has 0 saturated carbocycles. The number of carbonyl (C=O) groups is 1. The SMILES string of the molecule is CC(CN)C(=O)NCc1ccc(CN2CCCCCC2)cc1.Cl.Cl. The third-order valence-corrected chi connectivity index (χ3v) is 4.40. The van der Waals surface area contributed by atoms with E-state index in [2.05, 4.69) is 34.5 Å². The van der Waals surface area contributed by atoms with Crippen molar-refractivity contribution in [1.29, 1.82) is 0 Å². The van der Waals surface area contributed by atoms with Gasteiger partial charge in [0.05, 0.1) is 0 Å². The fraction of sp³-hybridized carbons (Fsp3) is 0.611. The van der Waals surface area contributed by atoms with E-state index >= 15 is 0 Å². The molecular formula is C18H31Cl2N3O. The molecular weight excluding hydrogens is 345 g/mol. The third-order valence-electron chi connectivity index (χ3n) is 4.40. The zero-order valence-electron chi connectivity index (χ0n) is 14.5. The molecule has 24 heavy (non-hydrogen) atoms. The lowest BCUT2D eigenvalue weighted by atomic mass is 10.1. The lowest BCUT2D eigenvalue weighted by Gasteiger charge is -2.19. The number of rotatable bonds is 6. The van der Waals surface area contributed by atoms with Gasteiger partial charge in [0.2, 0.25) is 5.91 Å². The third kappa shape index (κ3) is 7.84. The topological polar surface area (TPSA) is 58.4 Å². The van der Waals surface area contributed by atoms with E-state index in [4.69, 9.17) is 5.73 Å². The first kappa shape index (κ1) is 23.2. The molecule has 1 heterocycles. The molecule has 1 amide bonds. The first-order chi connectivity index (χ1) is 10.7. The number of nitrogens with zero attached hydrogens (tertiary/aromatic N) is 1. The van der Waals surface area contributed by atoms with E-state index in [1.807, 2.05) is 6.92 Å². The van der Waals surface area contributed by atoms with Crippen LogP contribution in [0.1, 0.15) is 43.7 Å². The van der Waals surface area contributed by atoms with Crippen LogP contribution in [0, 0.1) is 5.92 Å². The summed E-state index contributed by atoms with van der Waals surface area (Å²) >= 11 is 0. The Morgan fingerprint density at radius 2 is 1.62 bits per heavy atom. The Bertz CT molecular complexity index is 460. The number of nitrogens with one attached hydrogen (secondary N) is 1. The van der Waals surface area contributed by atoms with Gasteiger partial charge in [-0.1, -0.05) is 44.0 Å². The Morgan fingerprint density at radius 3 is 2.17 bits per heavy atom. The van der Waals surface area contributed by atoms with Gasteiger partial charge in [0.25, 0.3) is 0 Å². The van der Waals surface area contributed by atoms with Crippen LogP contribution in [0.2, 0.25) is 0 Å². The molecule has 0 spiro atoms. The van der Waals surface area contributed by atoms with E-state index in [9.17, 15) is 4.79 Å². The van der Waals surface area contributed by atoms with E-state index < -0.39 is 0 Å². The van der Waals surface area contributed by atoms with Crippen molar-refractivity contribution in [3.63, 3.8) is 0 Å². The Balaban J connectivity index is 0.00000264. The van der Waals surface area contributed by atoms with Crippen molar-refractivity contribution in [3.05, 3.63) is 35.4 Å². The number of likely N-dealkylation sites (tertiary alicyclic amines) is 1. The molecule has 3 N–H and O–H groups in total. The summed E-state index contributed by atoms with van der Waals surface area (Å²) in [5.74, 6) is -0.0987. The Hall–Kier alpha value is -0.810. The standard InChI is InChI=1S/C18H29N3O.2ClH/c1-15(12-19)18(22)20-13-16-6-8-17(9-7-16)14-21-10-4-2-3-5-11-21;;/h6-9,15H,2-5,10-14,19H2,1H3,(H,20,22);2*1H. The van der Waals surface area contributed by atoms with Gasteiger partial charge in [0.1, 0.15) is 0 Å². The second kappa shape index (κ2) is 12.5. The largest absolute Gasteiger partial charge is 0.352 e. The number of benzene rings is 1. The van der Waals surface area contributed by atoms with Crippen LogP contribution >= 0.6 is 24.8 Å². The second-order valence-corrected chi connectivity index (χ2v) is 6.36. The molecule has 1 aliphatic heterocycles. The number of hydrogen-bond acceptors (Lipinski definition) is 3. The van der Waals surface area contributed by atoms with Gasteiger partial charge >= 0.3 is 0 Å². The minimum absolute atomic E-state index is 0. The summed E-state index contributed by atoms with van der Waals surface area (Å²) in [6.07, 6.45) is 5.39. The summed E-state index contributed by atoms with van der Waals surface area (Å²) < 4.78 is 0. The maximum Gasteiger partial charge on any atom is 0.224 e. The van der Waals surface area contributed by atoms with Crippen molar-refractivity contribution in [1.82, 2.24) is 10.2 Å². The zero-order chi connectivity index (χ0) is 15.8. The van der Waals surface area contributed by atoms with Crippen molar-refractivity contribution in [2.45, 2.75) is 45.7 Å². The summed E-state index contributed by atoms with van der Waals surface area (Å²) in [5.41, 5.74) is 7.99. The monoisotopic (exact) mass is 375 g/mol. The molecule has 0 aromatic heterocycles. The van der Waals surface area contributed by atoms with Gasteiger partial charge in [0, 0.05) is 25.6 Å². The quantitative estimate of drug-likeness (QED) is 0.802. The molecule has 0 aliphatic carbocycles. The van der Waals surface area contributed by atoms with Gasteiger partial charge in [-0.25, -0.2) is 0 Å². The Labute approximate surface area is 158 Å². The average Bonchev–Trinajstić information content (AvgIpc) is 2.81. The summed E-state index contributed by atoms with van der Waals surface area (Å²) in [4.78, 5) is 14.3. The number of hydrogen-bond donors (Lipinski definition) is 2. The Kier molecular flexibility index (Phi) is 12.1. The molecule has 1 aromatic rings. The van der Waals surface area contributed by atoms with Gasteiger partial charge in [-0.2, -0.15) is 0 Å². The highest BCUT2D eigenvalue weighted by Gasteiger charge is 2.11. The van der Waals surface area contributed by atoms with Crippen LogP contribution < -0.4 is 11.1 Å². The predicted molar refractivity (Wildman–Crippen MR) is 105 cm³/mol. The van der Waals surface area contributed by atoms with E-state index in [0.717, 1.165) is 12.1 Å². The van der Waals surface area contributed by atoms with Gasteiger partial charge in [-0.15, -0.1) is 24.8 Å². The zero-order valence-corrected chi connectivity index (χ0v) is 16.1. The Morgan fingerprint density at radius 1 is 1.08 bits per heavy atom. The van der Waals surface area contributed by atoms with Crippen molar-refractivity contribution >= 4 is 30.7 Å². The summed E-state index contributed by atoms with van der Waals surface area (Å²) in [5, 5.41) is 2.93. The molecule has 1 fully saturated rings. The fourth-order valence-electron chi connectivity index (χ4n) is 2.79. The molecule has 6 heteroatoms. The van der Waals surface area contributed by atoms with Crippen LogP contribution in [0.25, 0.3) is 0 Å². The van der Waals surface area contributed by atoms with Gasteiger partial charge in [0.15, 0.2) is 0 Å².